The topological polar surface area (TPSA) is 151 Å². The van der Waals surface area contributed by atoms with Gasteiger partial charge in [0, 0.05) is 59.4 Å². The number of aliphatic hydroxyl groups is 1. The molecule has 6 rings (SSSR count). The van der Waals surface area contributed by atoms with Gasteiger partial charge in [-0.05, 0) is 41.3 Å². The van der Waals surface area contributed by atoms with Gasteiger partial charge in [-0.25, -0.2) is 4.68 Å². The molecule has 49 heavy (non-hydrogen) atoms. The third kappa shape index (κ3) is 7.71. The van der Waals surface area contributed by atoms with Crippen molar-refractivity contribution in [3.63, 3.8) is 0 Å². The Hall–Kier alpha value is -4.52. The van der Waals surface area contributed by atoms with E-state index in [2.05, 4.69) is 50.5 Å². The Labute approximate surface area is 293 Å². The highest BCUT2D eigenvalue weighted by Crippen LogP contribution is 2.39. The van der Waals surface area contributed by atoms with Gasteiger partial charge in [-0.3, -0.25) is 14.9 Å². The number of carboxylic acids is 1. The standard InChI is InChI=1S/C36H36Cl2N6O5/c1-49-32-15-24(29(37)14-23(32)17-40-30(20-45)36(47)48)19-44-31-7-3-6-28(35(31)42-43-44)27-5-2-4-26(34(27)38)22-10-8-21(9-11-22)16-39-18-25-12-13-33(46)41-25/h2-11,14-15,25,30,39-40,45H,12-13,16-20H2,1H3,(H,41,46)(H,47,48)/t25-,30-/m0/s1. The molecule has 0 spiro atoms. The molecule has 0 saturated carbocycles. The van der Waals surface area contributed by atoms with Crippen LogP contribution in [0.25, 0.3) is 33.3 Å². The predicted molar refractivity (Wildman–Crippen MR) is 189 cm³/mol. The molecule has 5 aromatic rings. The van der Waals surface area contributed by atoms with E-state index in [9.17, 15) is 19.8 Å². The summed E-state index contributed by atoms with van der Waals surface area (Å²) in [6.07, 6.45) is 1.46. The van der Waals surface area contributed by atoms with Crippen molar-refractivity contribution < 1.29 is 24.5 Å². The van der Waals surface area contributed by atoms with Crippen molar-refractivity contribution in [2.75, 3.05) is 20.3 Å². The second-order valence-electron chi connectivity index (χ2n) is 11.9. The quantitative estimate of drug-likeness (QED) is 0.107. The van der Waals surface area contributed by atoms with E-state index in [0.717, 1.165) is 51.9 Å². The van der Waals surface area contributed by atoms with Crippen LogP contribution in [0.5, 0.6) is 5.75 Å². The number of aliphatic carboxylic acids is 1. The molecule has 1 amide bonds. The summed E-state index contributed by atoms with van der Waals surface area (Å²) < 4.78 is 7.33. The number of aromatic nitrogens is 3. The first-order valence-corrected chi connectivity index (χ1v) is 16.6. The SMILES string of the molecule is COc1cc(Cn2nnc3c(-c4cccc(-c5ccc(CNC[C@@H]6CCC(=O)N6)cc5)c4Cl)cccc32)c(Cl)cc1CN[C@@H](CO)C(=O)O. The minimum absolute atomic E-state index is 0.119. The van der Waals surface area contributed by atoms with Crippen LogP contribution in [-0.4, -0.2) is 69.4 Å². The number of hydrogen-bond acceptors (Lipinski definition) is 8. The largest absolute Gasteiger partial charge is 0.496 e. The molecule has 4 aromatic carbocycles. The molecule has 1 aliphatic rings. The maximum atomic E-state index is 11.4. The fourth-order valence-corrected chi connectivity index (χ4v) is 6.61. The number of aliphatic hydroxyl groups excluding tert-OH is 1. The van der Waals surface area contributed by atoms with E-state index in [1.54, 1.807) is 16.8 Å². The number of ether oxygens (including phenoxy) is 1. The number of carbonyl (C=O) groups excluding carboxylic acids is 1. The normalized spacial score (nSPS) is 15.0. The van der Waals surface area contributed by atoms with Gasteiger partial charge < -0.3 is 25.6 Å². The molecule has 13 heteroatoms. The molecule has 0 unspecified atom stereocenters. The average molecular weight is 704 g/mol. The molecule has 0 bridgehead atoms. The summed E-state index contributed by atoms with van der Waals surface area (Å²) in [4.78, 5) is 22.7. The van der Waals surface area contributed by atoms with Crippen molar-refractivity contribution in [1.82, 2.24) is 30.9 Å². The average Bonchev–Trinajstić information content (AvgIpc) is 3.72. The summed E-state index contributed by atoms with van der Waals surface area (Å²) in [5.74, 6) is -0.513. The van der Waals surface area contributed by atoms with Crippen molar-refractivity contribution in [2.45, 2.75) is 44.6 Å². The highest BCUT2D eigenvalue weighted by Gasteiger charge is 2.21. The third-order valence-electron chi connectivity index (χ3n) is 8.69. The van der Waals surface area contributed by atoms with Crippen LogP contribution in [0, 0.1) is 0 Å². The lowest BCUT2D eigenvalue weighted by molar-refractivity contribution is -0.140. The molecular formula is C36H36Cl2N6O5. The molecule has 2 heterocycles. The zero-order chi connectivity index (χ0) is 34.5. The van der Waals surface area contributed by atoms with E-state index in [0.29, 0.717) is 46.4 Å². The van der Waals surface area contributed by atoms with Crippen molar-refractivity contribution in [3.05, 3.63) is 99.5 Å². The predicted octanol–water partition coefficient (Wildman–Crippen LogP) is 5.03. The van der Waals surface area contributed by atoms with E-state index in [1.165, 1.54) is 7.11 Å². The van der Waals surface area contributed by atoms with Crippen LogP contribution >= 0.6 is 23.2 Å². The Bertz CT molecular complexity index is 1980. The maximum Gasteiger partial charge on any atom is 0.323 e. The Morgan fingerprint density at radius 2 is 1.80 bits per heavy atom. The molecule has 2 atom stereocenters. The van der Waals surface area contributed by atoms with Gasteiger partial charge in [0.2, 0.25) is 5.91 Å². The zero-order valence-corrected chi connectivity index (χ0v) is 28.3. The van der Waals surface area contributed by atoms with Gasteiger partial charge >= 0.3 is 5.97 Å². The molecule has 254 valence electrons. The maximum absolute atomic E-state index is 11.4. The van der Waals surface area contributed by atoms with Crippen LogP contribution in [0.15, 0.2) is 72.8 Å². The molecule has 1 saturated heterocycles. The Kier molecular flexibility index (Phi) is 10.8. The number of amides is 1. The minimum atomic E-state index is -1.15. The first-order valence-electron chi connectivity index (χ1n) is 15.9. The summed E-state index contributed by atoms with van der Waals surface area (Å²) in [6.45, 7) is 1.35. The number of hydrogen-bond donors (Lipinski definition) is 5. The van der Waals surface area contributed by atoms with Gasteiger partial charge in [0.25, 0.3) is 0 Å². The monoisotopic (exact) mass is 702 g/mol. The molecule has 5 N–H and O–H groups in total. The number of halogens is 2. The Morgan fingerprint density at radius 1 is 1.04 bits per heavy atom. The van der Waals surface area contributed by atoms with Gasteiger partial charge in [0.1, 0.15) is 17.3 Å². The number of rotatable bonds is 14. The smallest absolute Gasteiger partial charge is 0.323 e. The summed E-state index contributed by atoms with van der Waals surface area (Å²) in [6, 6.07) is 22.7. The van der Waals surface area contributed by atoms with Gasteiger partial charge in [0.05, 0.1) is 30.8 Å². The molecule has 11 nitrogen and oxygen atoms in total. The van der Waals surface area contributed by atoms with Crippen LogP contribution < -0.4 is 20.7 Å². The van der Waals surface area contributed by atoms with E-state index < -0.39 is 18.6 Å². The van der Waals surface area contributed by atoms with E-state index >= 15 is 0 Å². The first kappa shape index (κ1) is 34.3. The summed E-state index contributed by atoms with van der Waals surface area (Å²) >= 11 is 13.8. The number of methoxy groups -OCH3 is 1. The lowest BCUT2D eigenvalue weighted by atomic mass is 9.97. The summed E-state index contributed by atoms with van der Waals surface area (Å²) in [5.41, 5.74) is 7.58. The van der Waals surface area contributed by atoms with Crippen LogP contribution in [0.4, 0.5) is 0 Å². The van der Waals surface area contributed by atoms with Crippen molar-refractivity contribution in [2.24, 2.45) is 0 Å². The fraction of sp³-hybridized carbons (Fsp3) is 0.278. The van der Waals surface area contributed by atoms with Crippen molar-refractivity contribution >= 4 is 46.1 Å². The van der Waals surface area contributed by atoms with Crippen LogP contribution in [-0.2, 0) is 29.2 Å². The molecule has 0 radical (unpaired) electrons. The second-order valence-corrected chi connectivity index (χ2v) is 12.7. The molecule has 1 fully saturated rings. The van der Waals surface area contributed by atoms with Crippen LogP contribution in [0.2, 0.25) is 10.0 Å². The number of carbonyl (C=O) groups is 2. The minimum Gasteiger partial charge on any atom is -0.496 e. The lowest BCUT2D eigenvalue weighted by Crippen LogP contribution is -2.39. The fourth-order valence-electron chi connectivity index (χ4n) is 6.02. The van der Waals surface area contributed by atoms with Crippen molar-refractivity contribution in [3.8, 4) is 28.0 Å². The second kappa shape index (κ2) is 15.4. The highest BCUT2D eigenvalue weighted by molar-refractivity contribution is 6.36. The molecule has 0 aliphatic carbocycles. The number of fused-ring (bicyclic) bond motifs is 1. The van der Waals surface area contributed by atoms with Crippen molar-refractivity contribution in [1.29, 1.82) is 0 Å². The number of benzene rings is 4. The van der Waals surface area contributed by atoms with Gasteiger partial charge in [-0.1, -0.05) is 83.0 Å². The van der Waals surface area contributed by atoms with E-state index in [4.69, 9.17) is 27.9 Å². The first-order chi connectivity index (χ1) is 23.7. The number of nitrogens with one attached hydrogen (secondary N) is 3. The van der Waals surface area contributed by atoms with E-state index in [1.807, 2.05) is 36.4 Å². The summed E-state index contributed by atoms with van der Waals surface area (Å²) in [7, 11) is 1.53. The van der Waals surface area contributed by atoms with Gasteiger partial charge in [-0.15, -0.1) is 5.10 Å². The molecule has 1 aromatic heterocycles. The van der Waals surface area contributed by atoms with E-state index in [-0.39, 0.29) is 18.5 Å². The van der Waals surface area contributed by atoms with Crippen LogP contribution in [0.3, 0.4) is 0 Å². The Balaban J connectivity index is 1.20. The Morgan fingerprint density at radius 3 is 2.51 bits per heavy atom. The van der Waals surface area contributed by atoms with Gasteiger partial charge in [0.15, 0.2) is 0 Å². The van der Waals surface area contributed by atoms with Gasteiger partial charge in [-0.2, -0.15) is 0 Å². The lowest BCUT2D eigenvalue weighted by Gasteiger charge is -2.16. The zero-order valence-electron chi connectivity index (χ0n) is 26.7. The summed E-state index contributed by atoms with van der Waals surface area (Å²) in [5, 5.41) is 37.8. The number of nitrogens with zero attached hydrogens (tertiary/aromatic N) is 3. The van der Waals surface area contributed by atoms with Crippen LogP contribution in [0.1, 0.15) is 29.5 Å². The molecular weight excluding hydrogens is 667 g/mol. The number of carboxylic acid groups (broad SMARTS) is 1. The highest BCUT2D eigenvalue weighted by atomic mass is 35.5. The molecule has 1 aliphatic heterocycles. The third-order valence-corrected chi connectivity index (χ3v) is 9.45.